The van der Waals surface area contributed by atoms with Crippen molar-refractivity contribution in [3.8, 4) is 17.3 Å². The van der Waals surface area contributed by atoms with Gasteiger partial charge in [0.15, 0.2) is 5.69 Å². The third-order valence-corrected chi connectivity index (χ3v) is 4.53. The maximum atomic E-state index is 13.1. The Morgan fingerprint density at radius 1 is 1.08 bits per heavy atom. The molecular weight excluding hydrogens is 331 g/mol. The van der Waals surface area contributed by atoms with E-state index in [1.165, 1.54) is 42.5 Å². The monoisotopic (exact) mass is 342 g/mol. The molecule has 8 heteroatoms. The molecule has 0 saturated carbocycles. The number of rotatable bonds is 4. The highest BCUT2D eigenvalue weighted by Crippen LogP contribution is 2.21. The van der Waals surface area contributed by atoms with E-state index in [0.717, 1.165) is 4.79 Å². The molecule has 0 amide bonds. The molecule has 0 aliphatic rings. The maximum absolute atomic E-state index is 13.1. The molecule has 0 unspecified atom stereocenters. The highest BCUT2D eigenvalue weighted by atomic mass is 32.2. The number of hydrogen-bond donors (Lipinski definition) is 1. The van der Waals surface area contributed by atoms with Gasteiger partial charge >= 0.3 is 0 Å². The van der Waals surface area contributed by atoms with Crippen LogP contribution in [0.1, 0.15) is 5.69 Å². The van der Waals surface area contributed by atoms with Gasteiger partial charge in [0.1, 0.15) is 11.9 Å². The van der Waals surface area contributed by atoms with Crippen LogP contribution in [0.5, 0.6) is 0 Å². The number of benzene rings is 2. The van der Waals surface area contributed by atoms with Gasteiger partial charge in [-0.15, -0.1) is 5.10 Å². The fraction of sp³-hybridized carbons (Fsp3) is 0. The van der Waals surface area contributed by atoms with Gasteiger partial charge in [0.25, 0.3) is 10.0 Å². The van der Waals surface area contributed by atoms with Crippen LogP contribution in [0.2, 0.25) is 0 Å². The second kappa shape index (κ2) is 6.14. The van der Waals surface area contributed by atoms with E-state index in [9.17, 15) is 12.8 Å². The zero-order valence-corrected chi connectivity index (χ0v) is 13.0. The van der Waals surface area contributed by atoms with Crippen molar-refractivity contribution in [2.75, 3.05) is 4.83 Å². The number of sulfonamides is 1. The SMILES string of the molecule is N#Cc1cc(-c2ccc(F)cc2)n(NS(=O)(=O)c2ccccc2)n1. The number of halogens is 1. The Morgan fingerprint density at radius 2 is 1.75 bits per heavy atom. The smallest absolute Gasteiger partial charge is 0.207 e. The van der Waals surface area contributed by atoms with Crippen LogP contribution in [-0.2, 0) is 10.0 Å². The van der Waals surface area contributed by atoms with Crippen LogP contribution >= 0.6 is 0 Å². The highest BCUT2D eigenvalue weighted by Gasteiger charge is 2.18. The molecule has 0 bridgehead atoms. The van der Waals surface area contributed by atoms with Crippen LogP contribution in [0.4, 0.5) is 4.39 Å². The Bertz CT molecular complexity index is 1010. The van der Waals surface area contributed by atoms with Crippen LogP contribution < -0.4 is 4.83 Å². The van der Waals surface area contributed by atoms with Crippen molar-refractivity contribution in [3.63, 3.8) is 0 Å². The van der Waals surface area contributed by atoms with Crippen molar-refractivity contribution in [3.05, 3.63) is 72.2 Å². The lowest BCUT2D eigenvalue weighted by Crippen LogP contribution is -2.25. The lowest BCUT2D eigenvalue weighted by molar-refractivity contribution is 0.592. The van der Waals surface area contributed by atoms with Gasteiger partial charge in [-0.3, -0.25) is 0 Å². The third-order valence-electron chi connectivity index (χ3n) is 3.22. The van der Waals surface area contributed by atoms with Crippen LogP contribution in [-0.4, -0.2) is 18.3 Å². The highest BCUT2D eigenvalue weighted by molar-refractivity contribution is 7.92. The Balaban J connectivity index is 2.04. The van der Waals surface area contributed by atoms with Gasteiger partial charge in [0.2, 0.25) is 0 Å². The molecule has 0 radical (unpaired) electrons. The molecule has 1 heterocycles. The zero-order valence-electron chi connectivity index (χ0n) is 12.2. The first-order valence-corrected chi connectivity index (χ1v) is 8.32. The third kappa shape index (κ3) is 3.11. The van der Waals surface area contributed by atoms with Gasteiger partial charge in [0.05, 0.1) is 10.6 Å². The first-order chi connectivity index (χ1) is 11.5. The summed E-state index contributed by atoms with van der Waals surface area (Å²) in [6.45, 7) is 0. The summed E-state index contributed by atoms with van der Waals surface area (Å²) in [5, 5.41) is 12.9. The summed E-state index contributed by atoms with van der Waals surface area (Å²) in [6, 6.07) is 16.5. The van der Waals surface area contributed by atoms with E-state index in [1.54, 1.807) is 18.2 Å². The van der Waals surface area contributed by atoms with Gasteiger partial charge < -0.3 is 0 Å². The van der Waals surface area contributed by atoms with Crippen LogP contribution in [0, 0.1) is 17.1 Å². The minimum absolute atomic E-state index is 0.0325. The van der Waals surface area contributed by atoms with E-state index in [4.69, 9.17) is 5.26 Å². The summed E-state index contributed by atoms with van der Waals surface area (Å²) < 4.78 is 37.9. The van der Waals surface area contributed by atoms with Gasteiger partial charge in [-0.05, 0) is 36.4 Å². The van der Waals surface area contributed by atoms with Crippen LogP contribution in [0.25, 0.3) is 11.3 Å². The summed E-state index contributed by atoms with van der Waals surface area (Å²) in [6.07, 6.45) is 0. The number of hydrogen-bond acceptors (Lipinski definition) is 4. The number of nitrogens with one attached hydrogen (secondary N) is 1. The Morgan fingerprint density at radius 3 is 2.38 bits per heavy atom. The molecule has 0 spiro atoms. The molecule has 0 aliphatic carbocycles. The molecular formula is C16H11FN4O2S. The van der Waals surface area contributed by atoms with Crippen molar-refractivity contribution in [1.29, 1.82) is 5.26 Å². The fourth-order valence-corrected chi connectivity index (χ4v) is 3.09. The summed E-state index contributed by atoms with van der Waals surface area (Å²) >= 11 is 0. The van der Waals surface area contributed by atoms with E-state index >= 15 is 0 Å². The minimum atomic E-state index is -3.88. The molecule has 6 nitrogen and oxygen atoms in total. The van der Waals surface area contributed by atoms with Gasteiger partial charge in [-0.1, -0.05) is 18.2 Å². The number of nitrogens with zero attached hydrogens (tertiary/aromatic N) is 3. The molecule has 3 aromatic rings. The van der Waals surface area contributed by atoms with Crippen molar-refractivity contribution in [1.82, 2.24) is 9.89 Å². The van der Waals surface area contributed by atoms with Crippen molar-refractivity contribution in [2.24, 2.45) is 0 Å². The Labute approximate surface area is 137 Å². The molecule has 1 N–H and O–H groups in total. The standard InChI is InChI=1S/C16H11FN4O2S/c17-13-8-6-12(7-9-13)16-10-14(11-18)19-21(16)20-24(22,23)15-4-2-1-3-5-15/h1-10,20H. The molecule has 0 saturated heterocycles. The Kier molecular flexibility index (Phi) is 4.02. The normalized spacial score (nSPS) is 11.0. The lowest BCUT2D eigenvalue weighted by atomic mass is 10.1. The predicted molar refractivity (Wildman–Crippen MR) is 85.3 cm³/mol. The molecule has 120 valence electrons. The van der Waals surface area contributed by atoms with Crippen LogP contribution in [0.15, 0.2) is 65.6 Å². The first kappa shape index (κ1) is 15.7. The summed E-state index contributed by atoms with van der Waals surface area (Å²) in [7, 11) is -3.88. The second-order valence-corrected chi connectivity index (χ2v) is 6.51. The summed E-state index contributed by atoms with van der Waals surface area (Å²) in [4.78, 5) is 3.36. The first-order valence-electron chi connectivity index (χ1n) is 6.83. The largest absolute Gasteiger partial charge is 0.276 e. The van der Waals surface area contributed by atoms with Crippen molar-refractivity contribution < 1.29 is 12.8 Å². The molecule has 0 aliphatic heterocycles. The Hall–Kier alpha value is -3.18. The molecule has 3 rings (SSSR count). The summed E-state index contributed by atoms with van der Waals surface area (Å²) in [5.74, 6) is -0.421. The quantitative estimate of drug-likeness (QED) is 0.789. The van der Waals surface area contributed by atoms with Crippen LogP contribution in [0.3, 0.4) is 0 Å². The van der Waals surface area contributed by atoms with Gasteiger partial charge in [-0.25, -0.2) is 4.39 Å². The van der Waals surface area contributed by atoms with Gasteiger partial charge in [-0.2, -0.15) is 23.3 Å². The topological polar surface area (TPSA) is 87.8 Å². The average molecular weight is 342 g/mol. The molecule has 24 heavy (non-hydrogen) atoms. The van der Waals surface area contributed by atoms with E-state index < -0.39 is 15.8 Å². The predicted octanol–water partition coefficient (Wildman–Crippen LogP) is 2.49. The second-order valence-electron chi connectivity index (χ2n) is 4.85. The number of aromatic nitrogens is 2. The van der Waals surface area contributed by atoms with E-state index in [0.29, 0.717) is 11.3 Å². The fourth-order valence-electron chi connectivity index (χ4n) is 2.10. The van der Waals surface area contributed by atoms with E-state index in [-0.39, 0.29) is 10.6 Å². The molecule has 0 fully saturated rings. The average Bonchev–Trinajstić information content (AvgIpc) is 2.98. The van der Waals surface area contributed by atoms with Crippen molar-refractivity contribution >= 4 is 10.0 Å². The van der Waals surface area contributed by atoms with Gasteiger partial charge in [0, 0.05) is 11.6 Å². The molecule has 1 aromatic heterocycles. The number of nitriles is 1. The molecule has 2 aromatic carbocycles. The minimum Gasteiger partial charge on any atom is -0.207 e. The van der Waals surface area contributed by atoms with E-state index in [2.05, 4.69) is 9.93 Å². The van der Waals surface area contributed by atoms with E-state index in [1.807, 2.05) is 6.07 Å². The summed E-state index contributed by atoms with van der Waals surface area (Å²) in [5.41, 5.74) is 0.873. The maximum Gasteiger partial charge on any atom is 0.276 e. The lowest BCUT2D eigenvalue weighted by Gasteiger charge is -2.11. The zero-order chi connectivity index (χ0) is 17.2. The molecule has 0 atom stereocenters. The van der Waals surface area contributed by atoms with Crippen molar-refractivity contribution in [2.45, 2.75) is 4.90 Å².